The highest BCUT2D eigenvalue weighted by atomic mass is 16.2. The van der Waals surface area contributed by atoms with Crippen molar-refractivity contribution >= 4 is 11.9 Å². The summed E-state index contributed by atoms with van der Waals surface area (Å²) in [5.74, 6) is -0.0862. The van der Waals surface area contributed by atoms with Gasteiger partial charge in [-0.3, -0.25) is 14.7 Å². The standard InChI is InChI=1S/C18H19N3O2/c22-17-9-12-20(14-16-6-10-19-11-7-16)18(23)21(17)13-8-15-4-2-1-3-5-15/h1-7,10-11H,8-9,12-14H2. The third-order valence-electron chi connectivity index (χ3n) is 3.99. The van der Waals surface area contributed by atoms with Crippen molar-refractivity contribution in [3.63, 3.8) is 0 Å². The molecular formula is C18H19N3O2. The molecule has 5 heteroatoms. The summed E-state index contributed by atoms with van der Waals surface area (Å²) in [5.41, 5.74) is 2.14. The molecule has 0 bridgehead atoms. The minimum Gasteiger partial charge on any atom is -0.319 e. The molecule has 1 aromatic heterocycles. The second-order valence-electron chi connectivity index (χ2n) is 5.59. The van der Waals surface area contributed by atoms with Gasteiger partial charge in [0, 0.05) is 38.4 Å². The monoisotopic (exact) mass is 309 g/mol. The van der Waals surface area contributed by atoms with Gasteiger partial charge in [0.05, 0.1) is 0 Å². The van der Waals surface area contributed by atoms with Gasteiger partial charge in [0.2, 0.25) is 5.91 Å². The first-order valence-electron chi connectivity index (χ1n) is 7.76. The van der Waals surface area contributed by atoms with Crippen LogP contribution in [-0.2, 0) is 17.8 Å². The lowest BCUT2D eigenvalue weighted by atomic mass is 10.1. The van der Waals surface area contributed by atoms with Crippen LogP contribution in [0.15, 0.2) is 54.9 Å². The third-order valence-corrected chi connectivity index (χ3v) is 3.99. The second kappa shape index (κ2) is 7.05. The molecule has 23 heavy (non-hydrogen) atoms. The van der Waals surface area contributed by atoms with Gasteiger partial charge in [0.25, 0.3) is 0 Å². The third kappa shape index (κ3) is 3.74. The van der Waals surface area contributed by atoms with Gasteiger partial charge in [0.1, 0.15) is 0 Å². The normalized spacial score (nSPS) is 15.1. The van der Waals surface area contributed by atoms with Crippen molar-refractivity contribution in [3.8, 4) is 0 Å². The van der Waals surface area contributed by atoms with Crippen LogP contribution in [0, 0.1) is 0 Å². The predicted octanol–water partition coefficient (Wildman–Crippen LogP) is 2.48. The fourth-order valence-corrected chi connectivity index (χ4v) is 2.70. The highest BCUT2D eigenvalue weighted by Gasteiger charge is 2.31. The van der Waals surface area contributed by atoms with Crippen LogP contribution in [-0.4, -0.2) is 39.8 Å². The first-order chi connectivity index (χ1) is 11.2. The largest absolute Gasteiger partial charge is 0.327 e. The molecule has 0 atom stereocenters. The molecule has 118 valence electrons. The Morgan fingerprint density at radius 2 is 1.70 bits per heavy atom. The quantitative estimate of drug-likeness (QED) is 0.852. The Labute approximate surface area is 135 Å². The van der Waals surface area contributed by atoms with E-state index in [-0.39, 0.29) is 11.9 Å². The van der Waals surface area contributed by atoms with Crippen LogP contribution in [0.4, 0.5) is 4.79 Å². The Balaban J connectivity index is 1.64. The SMILES string of the molecule is O=C1CCN(Cc2ccncc2)C(=O)N1CCc1ccccc1. The Bertz CT molecular complexity index is 673. The number of nitrogens with zero attached hydrogens (tertiary/aromatic N) is 3. The van der Waals surface area contributed by atoms with Crippen LogP contribution >= 0.6 is 0 Å². The molecule has 2 aromatic rings. The average Bonchev–Trinajstić information content (AvgIpc) is 2.59. The minimum atomic E-state index is -0.200. The van der Waals surface area contributed by atoms with E-state index < -0.39 is 0 Å². The van der Waals surface area contributed by atoms with Crippen molar-refractivity contribution < 1.29 is 9.59 Å². The van der Waals surface area contributed by atoms with E-state index in [1.807, 2.05) is 42.5 Å². The average molecular weight is 309 g/mol. The van der Waals surface area contributed by atoms with Crippen LogP contribution in [0.3, 0.4) is 0 Å². The van der Waals surface area contributed by atoms with Crippen LogP contribution in [0.2, 0.25) is 0 Å². The Kier molecular flexibility index (Phi) is 4.66. The van der Waals surface area contributed by atoms with Crippen LogP contribution < -0.4 is 0 Å². The van der Waals surface area contributed by atoms with E-state index in [0.717, 1.165) is 11.1 Å². The number of carbonyl (C=O) groups excluding carboxylic acids is 2. The van der Waals surface area contributed by atoms with Gasteiger partial charge in [-0.05, 0) is 29.7 Å². The number of pyridine rings is 1. The number of urea groups is 1. The maximum atomic E-state index is 12.6. The molecule has 1 saturated heterocycles. The molecule has 1 aliphatic rings. The van der Waals surface area contributed by atoms with Gasteiger partial charge in [-0.2, -0.15) is 0 Å². The van der Waals surface area contributed by atoms with Crippen molar-refractivity contribution in [3.05, 3.63) is 66.0 Å². The number of benzene rings is 1. The van der Waals surface area contributed by atoms with Gasteiger partial charge in [-0.1, -0.05) is 30.3 Å². The maximum absolute atomic E-state index is 12.6. The first kappa shape index (κ1) is 15.2. The molecule has 0 unspecified atom stereocenters. The van der Waals surface area contributed by atoms with E-state index in [2.05, 4.69) is 4.98 Å². The molecule has 0 N–H and O–H groups in total. The Morgan fingerprint density at radius 1 is 0.957 bits per heavy atom. The molecular weight excluding hydrogens is 290 g/mol. The molecule has 0 aliphatic carbocycles. The summed E-state index contributed by atoms with van der Waals surface area (Å²) in [6.07, 6.45) is 4.48. The summed E-state index contributed by atoms with van der Waals surface area (Å²) in [4.78, 5) is 31.7. The van der Waals surface area contributed by atoms with Gasteiger partial charge in [-0.25, -0.2) is 4.79 Å². The van der Waals surface area contributed by atoms with Crippen molar-refractivity contribution in [1.29, 1.82) is 0 Å². The van der Waals surface area contributed by atoms with Crippen LogP contribution in [0.1, 0.15) is 17.5 Å². The summed E-state index contributed by atoms with van der Waals surface area (Å²) in [5, 5.41) is 0. The highest BCUT2D eigenvalue weighted by molar-refractivity contribution is 5.96. The molecule has 5 nitrogen and oxygen atoms in total. The van der Waals surface area contributed by atoms with E-state index >= 15 is 0 Å². The predicted molar refractivity (Wildman–Crippen MR) is 86.5 cm³/mol. The number of aromatic nitrogens is 1. The van der Waals surface area contributed by atoms with E-state index in [0.29, 0.717) is 32.5 Å². The van der Waals surface area contributed by atoms with Gasteiger partial charge in [0.15, 0.2) is 0 Å². The van der Waals surface area contributed by atoms with Gasteiger partial charge >= 0.3 is 6.03 Å². The molecule has 3 amide bonds. The summed E-state index contributed by atoms with van der Waals surface area (Å²) in [6.45, 7) is 1.41. The van der Waals surface area contributed by atoms with E-state index in [1.54, 1.807) is 17.3 Å². The lowest BCUT2D eigenvalue weighted by Crippen LogP contribution is -2.52. The molecule has 2 heterocycles. The van der Waals surface area contributed by atoms with Crippen molar-refractivity contribution in [2.75, 3.05) is 13.1 Å². The molecule has 1 fully saturated rings. The van der Waals surface area contributed by atoms with Gasteiger partial charge in [-0.15, -0.1) is 0 Å². The van der Waals surface area contributed by atoms with Crippen molar-refractivity contribution in [2.24, 2.45) is 0 Å². The number of hydrogen-bond acceptors (Lipinski definition) is 3. The lowest BCUT2D eigenvalue weighted by molar-refractivity contribution is -0.131. The summed E-state index contributed by atoms with van der Waals surface area (Å²) in [7, 11) is 0. The first-order valence-corrected chi connectivity index (χ1v) is 7.76. The second-order valence-corrected chi connectivity index (χ2v) is 5.59. The van der Waals surface area contributed by atoms with Crippen LogP contribution in [0.25, 0.3) is 0 Å². The molecule has 0 saturated carbocycles. The lowest BCUT2D eigenvalue weighted by Gasteiger charge is -2.34. The molecule has 1 aliphatic heterocycles. The van der Waals surface area contributed by atoms with Crippen molar-refractivity contribution in [2.45, 2.75) is 19.4 Å². The van der Waals surface area contributed by atoms with E-state index in [4.69, 9.17) is 0 Å². The Morgan fingerprint density at radius 3 is 2.43 bits per heavy atom. The highest BCUT2D eigenvalue weighted by Crippen LogP contribution is 2.15. The summed E-state index contributed by atoms with van der Waals surface area (Å²) < 4.78 is 0. The molecule has 3 rings (SSSR count). The zero-order valence-corrected chi connectivity index (χ0v) is 12.9. The van der Waals surface area contributed by atoms with Gasteiger partial charge < -0.3 is 4.90 Å². The summed E-state index contributed by atoms with van der Waals surface area (Å²) >= 11 is 0. The maximum Gasteiger partial charge on any atom is 0.327 e. The topological polar surface area (TPSA) is 53.5 Å². The Hall–Kier alpha value is -2.69. The fraction of sp³-hybridized carbons (Fsp3) is 0.278. The smallest absolute Gasteiger partial charge is 0.319 e. The zero-order valence-electron chi connectivity index (χ0n) is 12.9. The molecule has 0 spiro atoms. The number of imide groups is 1. The molecule has 0 radical (unpaired) electrons. The fourth-order valence-electron chi connectivity index (χ4n) is 2.70. The number of amides is 3. The molecule has 1 aromatic carbocycles. The number of hydrogen-bond donors (Lipinski definition) is 0. The number of rotatable bonds is 5. The van der Waals surface area contributed by atoms with Crippen LogP contribution in [0.5, 0.6) is 0 Å². The minimum absolute atomic E-state index is 0.0862. The summed E-state index contributed by atoms with van der Waals surface area (Å²) in [6, 6.07) is 13.5. The van der Waals surface area contributed by atoms with E-state index in [9.17, 15) is 9.59 Å². The number of carbonyl (C=O) groups is 2. The van der Waals surface area contributed by atoms with E-state index in [1.165, 1.54) is 4.90 Å². The zero-order chi connectivity index (χ0) is 16.1. The van der Waals surface area contributed by atoms with Crippen molar-refractivity contribution in [1.82, 2.24) is 14.8 Å².